The fraction of sp³-hybridized carbons (Fsp3) is 0.222. The summed E-state index contributed by atoms with van der Waals surface area (Å²) in [6.07, 6.45) is 0.969. The van der Waals surface area contributed by atoms with Crippen LogP contribution < -0.4 is 0 Å². The Morgan fingerprint density at radius 2 is 2.05 bits per heavy atom. The number of benzene rings is 2. The van der Waals surface area contributed by atoms with Crippen molar-refractivity contribution in [1.29, 1.82) is 0 Å². The summed E-state index contributed by atoms with van der Waals surface area (Å²) in [7, 11) is 0. The molecule has 21 heavy (non-hydrogen) atoms. The summed E-state index contributed by atoms with van der Waals surface area (Å²) in [6, 6.07) is 12.6. The van der Waals surface area contributed by atoms with Crippen molar-refractivity contribution < 1.29 is 13.9 Å². The minimum atomic E-state index is -1.23. The SMILES string of the molecule is Cc1ccc2oc(C3(O)CCc4c(F)cccc43)cc2c1. The second-order valence-corrected chi connectivity index (χ2v) is 5.78. The third kappa shape index (κ3) is 1.74. The maximum absolute atomic E-state index is 13.9. The molecule has 1 aliphatic rings. The molecule has 0 fully saturated rings. The second-order valence-electron chi connectivity index (χ2n) is 5.78. The predicted octanol–water partition coefficient (Wildman–Crippen LogP) is 4.06. The van der Waals surface area contributed by atoms with Gasteiger partial charge in [-0.25, -0.2) is 4.39 Å². The Morgan fingerprint density at radius 1 is 1.19 bits per heavy atom. The van der Waals surface area contributed by atoms with Gasteiger partial charge in [0, 0.05) is 5.39 Å². The molecule has 0 bridgehead atoms. The van der Waals surface area contributed by atoms with Crippen LogP contribution in [0, 0.1) is 12.7 Å². The number of aliphatic hydroxyl groups is 1. The van der Waals surface area contributed by atoms with Crippen LogP contribution in [-0.2, 0) is 12.0 Å². The van der Waals surface area contributed by atoms with Crippen LogP contribution in [0.4, 0.5) is 4.39 Å². The zero-order valence-electron chi connectivity index (χ0n) is 11.7. The van der Waals surface area contributed by atoms with E-state index >= 15 is 0 Å². The molecule has 1 aromatic heterocycles. The standard InChI is InChI=1S/C18H15FO2/c1-11-5-6-16-12(9-11)10-17(21-16)18(20)8-7-13-14(18)3-2-4-15(13)19/h2-6,9-10,20H,7-8H2,1H3. The lowest BCUT2D eigenvalue weighted by Crippen LogP contribution is -2.23. The predicted molar refractivity (Wildman–Crippen MR) is 78.7 cm³/mol. The largest absolute Gasteiger partial charge is 0.458 e. The van der Waals surface area contributed by atoms with Gasteiger partial charge in [0.2, 0.25) is 0 Å². The summed E-state index contributed by atoms with van der Waals surface area (Å²) >= 11 is 0. The van der Waals surface area contributed by atoms with E-state index in [4.69, 9.17) is 4.42 Å². The Bertz CT molecular complexity index is 850. The van der Waals surface area contributed by atoms with Crippen molar-refractivity contribution in [2.24, 2.45) is 0 Å². The highest BCUT2D eigenvalue weighted by Crippen LogP contribution is 2.44. The van der Waals surface area contributed by atoms with Crippen molar-refractivity contribution in [3.05, 3.63) is 70.7 Å². The average molecular weight is 282 g/mol. The molecular formula is C18H15FO2. The van der Waals surface area contributed by atoms with Crippen LogP contribution in [-0.4, -0.2) is 5.11 Å². The van der Waals surface area contributed by atoms with Crippen molar-refractivity contribution in [2.45, 2.75) is 25.4 Å². The van der Waals surface area contributed by atoms with Gasteiger partial charge in [-0.1, -0.05) is 23.8 Å². The van der Waals surface area contributed by atoms with Gasteiger partial charge >= 0.3 is 0 Å². The first-order chi connectivity index (χ1) is 10.1. The van der Waals surface area contributed by atoms with Gasteiger partial charge < -0.3 is 9.52 Å². The van der Waals surface area contributed by atoms with Gasteiger partial charge in [0.15, 0.2) is 0 Å². The van der Waals surface area contributed by atoms with E-state index in [0.717, 1.165) is 16.5 Å². The Hall–Kier alpha value is -2.13. The lowest BCUT2D eigenvalue weighted by Gasteiger charge is -2.21. The van der Waals surface area contributed by atoms with Crippen molar-refractivity contribution >= 4 is 11.0 Å². The molecule has 0 radical (unpaired) electrons. The minimum Gasteiger partial charge on any atom is -0.458 e. The van der Waals surface area contributed by atoms with E-state index in [1.165, 1.54) is 6.07 Å². The maximum atomic E-state index is 13.9. The molecule has 0 amide bonds. The van der Waals surface area contributed by atoms with Gasteiger partial charge in [0.25, 0.3) is 0 Å². The molecule has 0 spiro atoms. The zero-order valence-corrected chi connectivity index (χ0v) is 11.7. The molecule has 4 rings (SSSR count). The second kappa shape index (κ2) is 4.18. The molecule has 1 N–H and O–H groups in total. The normalized spacial score (nSPS) is 20.9. The number of aryl methyl sites for hydroxylation is 1. The molecule has 3 aromatic rings. The molecular weight excluding hydrogens is 267 g/mol. The van der Waals surface area contributed by atoms with Crippen LogP contribution in [0.1, 0.15) is 28.9 Å². The van der Waals surface area contributed by atoms with Gasteiger partial charge in [0.1, 0.15) is 22.8 Å². The number of hydrogen-bond donors (Lipinski definition) is 1. The Labute approximate surface area is 121 Å². The quantitative estimate of drug-likeness (QED) is 0.730. The highest BCUT2D eigenvalue weighted by atomic mass is 19.1. The highest BCUT2D eigenvalue weighted by Gasteiger charge is 2.42. The molecule has 1 atom stereocenters. The molecule has 2 nitrogen and oxygen atoms in total. The summed E-state index contributed by atoms with van der Waals surface area (Å²) in [5.41, 5.74) is 1.87. The molecule has 1 heterocycles. The fourth-order valence-corrected chi connectivity index (χ4v) is 3.26. The monoisotopic (exact) mass is 282 g/mol. The van der Waals surface area contributed by atoms with Crippen LogP contribution in [0.25, 0.3) is 11.0 Å². The lowest BCUT2D eigenvalue weighted by atomic mass is 9.93. The van der Waals surface area contributed by atoms with Crippen LogP contribution in [0.3, 0.4) is 0 Å². The first-order valence-electron chi connectivity index (χ1n) is 7.09. The zero-order chi connectivity index (χ0) is 14.6. The van der Waals surface area contributed by atoms with Crippen molar-refractivity contribution in [3.8, 4) is 0 Å². The average Bonchev–Trinajstić information content (AvgIpc) is 3.02. The van der Waals surface area contributed by atoms with E-state index in [2.05, 4.69) is 0 Å². The molecule has 2 aromatic carbocycles. The van der Waals surface area contributed by atoms with E-state index < -0.39 is 5.60 Å². The van der Waals surface area contributed by atoms with Gasteiger partial charge in [-0.3, -0.25) is 0 Å². The van der Waals surface area contributed by atoms with E-state index in [1.54, 1.807) is 12.1 Å². The minimum absolute atomic E-state index is 0.254. The van der Waals surface area contributed by atoms with Crippen LogP contribution in [0.2, 0.25) is 0 Å². The Kier molecular flexibility index (Phi) is 2.51. The smallest absolute Gasteiger partial charge is 0.148 e. The first kappa shape index (κ1) is 12.6. The molecule has 106 valence electrons. The summed E-state index contributed by atoms with van der Waals surface area (Å²) in [5, 5.41) is 12.0. The van der Waals surface area contributed by atoms with Crippen molar-refractivity contribution in [1.82, 2.24) is 0 Å². The van der Waals surface area contributed by atoms with Crippen LogP contribution in [0.15, 0.2) is 46.9 Å². The summed E-state index contributed by atoms with van der Waals surface area (Å²) in [5.74, 6) is 0.239. The van der Waals surface area contributed by atoms with Gasteiger partial charge in [-0.15, -0.1) is 0 Å². The number of hydrogen-bond acceptors (Lipinski definition) is 2. The Morgan fingerprint density at radius 3 is 2.90 bits per heavy atom. The van der Waals surface area contributed by atoms with E-state index in [-0.39, 0.29) is 5.82 Å². The summed E-state index contributed by atoms with van der Waals surface area (Å²) in [4.78, 5) is 0. The van der Waals surface area contributed by atoms with Crippen LogP contribution >= 0.6 is 0 Å². The topological polar surface area (TPSA) is 33.4 Å². The third-order valence-electron chi connectivity index (χ3n) is 4.38. The van der Waals surface area contributed by atoms with Gasteiger partial charge in [0.05, 0.1) is 0 Å². The number of rotatable bonds is 1. The van der Waals surface area contributed by atoms with Gasteiger partial charge in [-0.05, 0) is 55.2 Å². The summed E-state index contributed by atoms with van der Waals surface area (Å²) < 4.78 is 19.7. The molecule has 0 aliphatic heterocycles. The van der Waals surface area contributed by atoms with E-state index in [9.17, 15) is 9.50 Å². The lowest BCUT2D eigenvalue weighted by molar-refractivity contribution is 0.0605. The molecule has 0 saturated carbocycles. The van der Waals surface area contributed by atoms with Crippen molar-refractivity contribution in [3.63, 3.8) is 0 Å². The Balaban J connectivity index is 1.91. The first-order valence-corrected chi connectivity index (χ1v) is 7.09. The van der Waals surface area contributed by atoms with Gasteiger partial charge in [-0.2, -0.15) is 0 Å². The number of halogens is 1. The molecule has 1 aliphatic carbocycles. The van der Waals surface area contributed by atoms with Crippen molar-refractivity contribution in [2.75, 3.05) is 0 Å². The summed E-state index contributed by atoms with van der Waals surface area (Å²) in [6.45, 7) is 2.01. The van der Waals surface area contributed by atoms with E-state index in [0.29, 0.717) is 29.7 Å². The third-order valence-corrected chi connectivity index (χ3v) is 4.38. The van der Waals surface area contributed by atoms with Crippen LogP contribution in [0.5, 0.6) is 0 Å². The number of furan rings is 1. The molecule has 3 heteroatoms. The molecule has 1 unspecified atom stereocenters. The number of fused-ring (bicyclic) bond motifs is 2. The van der Waals surface area contributed by atoms with E-state index in [1.807, 2.05) is 31.2 Å². The maximum Gasteiger partial charge on any atom is 0.148 e. The highest BCUT2D eigenvalue weighted by molar-refractivity contribution is 5.79. The molecule has 0 saturated heterocycles. The fourth-order valence-electron chi connectivity index (χ4n) is 3.26.